The number of anilines is 3. The molecular weight excluding hydrogens is 619 g/mol. The second-order valence-corrected chi connectivity index (χ2v) is 13.4. The fourth-order valence-corrected chi connectivity index (χ4v) is 8.48. The molecule has 0 aliphatic heterocycles. The molecule has 0 aliphatic carbocycles. The molecule has 0 fully saturated rings. The Morgan fingerprint density at radius 3 is 1.76 bits per heavy atom. The van der Waals surface area contributed by atoms with E-state index in [-0.39, 0.29) is 0 Å². The third-order valence-corrected chi connectivity index (χ3v) is 10.6. The van der Waals surface area contributed by atoms with Crippen LogP contribution in [0.2, 0.25) is 0 Å². The Morgan fingerprint density at radius 1 is 0.333 bits per heavy atom. The van der Waals surface area contributed by atoms with E-state index < -0.39 is 0 Å². The lowest BCUT2D eigenvalue weighted by molar-refractivity contribution is 1.18. The first-order valence-corrected chi connectivity index (χ1v) is 17.5. The number of fused-ring (bicyclic) bond motifs is 6. The number of aromatic nitrogens is 2. The van der Waals surface area contributed by atoms with Crippen LogP contribution in [0.5, 0.6) is 0 Å². The van der Waals surface area contributed by atoms with Crippen molar-refractivity contribution in [3.05, 3.63) is 188 Å². The summed E-state index contributed by atoms with van der Waals surface area (Å²) in [5.74, 6) is 0. The van der Waals surface area contributed by atoms with E-state index in [1.54, 1.807) is 0 Å². The minimum absolute atomic E-state index is 1.11. The fraction of sp³-hybridized carbons (Fsp3) is 0. The van der Waals surface area contributed by atoms with Gasteiger partial charge in [0.15, 0.2) is 0 Å². The Kier molecular flexibility index (Phi) is 5.96. The van der Waals surface area contributed by atoms with Gasteiger partial charge in [-0.1, -0.05) is 115 Å². The van der Waals surface area contributed by atoms with Crippen molar-refractivity contribution in [2.75, 3.05) is 4.90 Å². The van der Waals surface area contributed by atoms with E-state index >= 15 is 0 Å². The summed E-state index contributed by atoms with van der Waals surface area (Å²) in [7, 11) is 0. The number of hydrogen-bond acceptors (Lipinski definition) is 1. The highest BCUT2D eigenvalue weighted by atomic mass is 15.1. The highest BCUT2D eigenvalue weighted by Crippen LogP contribution is 2.46. The normalized spacial score (nSPS) is 11.9. The van der Waals surface area contributed by atoms with Gasteiger partial charge in [-0.05, 0) is 89.3 Å². The highest BCUT2D eigenvalue weighted by Gasteiger charge is 2.24. The maximum absolute atomic E-state index is 2.52. The van der Waals surface area contributed by atoms with E-state index in [0.717, 1.165) is 17.1 Å². The molecule has 11 rings (SSSR count). The van der Waals surface area contributed by atoms with Crippen molar-refractivity contribution in [3.8, 4) is 16.8 Å². The Bertz CT molecular complexity index is 3060. The number of nitrogens with zero attached hydrogens (tertiary/aromatic N) is 3. The lowest BCUT2D eigenvalue weighted by Gasteiger charge is -2.26. The zero-order valence-electron chi connectivity index (χ0n) is 27.7. The molecule has 0 aliphatic rings. The Hall–Kier alpha value is -6.84. The minimum Gasteiger partial charge on any atom is -0.310 e. The second-order valence-electron chi connectivity index (χ2n) is 13.4. The summed E-state index contributed by atoms with van der Waals surface area (Å²) in [6.07, 6.45) is 0. The van der Waals surface area contributed by atoms with Crippen LogP contribution in [-0.4, -0.2) is 8.97 Å². The van der Waals surface area contributed by atoms with Crippen molar-refractivity contribution >= 4 is 77.0 Å². The molecule has 0 N–H and O–H groups in total. The molecule has 0 spiro atoms. The van der Waals surface area contributed by atoms with Gasteiger partial charge in [-0.3, -0.25) is 0 Å². The van der Waals surface area contributed by atoms with Crippen LogP contribution in [0.3, 0.4) is 0 Å². The summed E-state index contributed by atoms with van der Waals surface area (Å²) in [6.45, 7) is 0. The van der Waals surface area contributed by atoms with E-state index in [4.69, 9.17) is 0 Å². The molecule has 51 heavy (non-hydrogen) atoms. The predicted molar refractivity (Wildman–Crippen MR) is 216 cm³/mol. The average molecular weight is 650 g/mol. The van der Waals surface area contributed by atoms with Gasteiger partial charge in [0.05, 0.1) is 27.6 Å². The Labute approximate surface area is 294 Å². The molecule has 0 radical (unpaired) electrons. The van der Waals surface area contributed by atoms with Crippen LogP contribution in [0.4, 0.5) is 17.1 Å². The van der Waals surface area contributed by atoms with Gasteiger partial charge in [0, 0.05) is 49.7 Å². The van der Waals surface area contributed by atoms with Gasteiger partial charge in [-0.15, -0.1) is 0 Å². The summed E-state index contributed by atoms with van der Waals surface area (Å²) in [6, 6.07) is 68.4. The summed E-state index contributed by atoms with van der Waals surface area (Å²) in [4.78, 5) is 2.39. The molecule has 3 aromatic heterocycles. The van der Waals surface area contributed by atoms with Crippen LogP contribution < -0.4 is 4.90 Å². The van der Waals surface area contributed by atoms with Crippen molar-refractivity contribution in [1.82, 2.24) is 8.97 Å². The quantitative estimate of drug-likeness (QED) is 0.181. The summed E-state index contributed by atoms with van der Waals surface area (Å²) in [5, 5.41) is 7.60. The third kappa shape index (κ3) is 4.06. The van der Waals surface area contributed by atoms with Crippen LogP contribution >= 0.6 is 0 Å². The van der Waals surface area contributed by atoms with Gasteiger partial charge in [-0.25, -0.2) is 0 Å². The van der Waals surface area contributed by atoms with E-state index in [9.17, 15) is 0 Å². The van der Waals surface area contributed by atoms with Crippen LogP contribution in [0, 0.1) is 0 Å². The molecule has 0 saturated carbocycles. The standard InChI is InChI=1S/C48H31N3/c1-4-14-32(15-5-1)33-16-12-21-36(30-33)49(34-17-6-2-7-18-34)37-26-28-43-41(31-37)39-23-13-25-44-46(39)47-45(50(44)35-19-8-3-9-20-35)29-27-40-38-22-10-11-24-42(38)51(43)48(40)47/h1-31H. The topological polar surface area (TPSA) is 12.6 Å². The second kappa shape index (κ2) is 10.8. The smallest absolute Gasteiger partial charge is 0.0641 e. The number of rotatable bonds is 5. The molecule has 0 bridgehead atoms. The summed E-state index contributed by atoms with van der Waals surface area (Å²) >= 11 is 0. The predicted octanol–water partition coefficient (Wildman–Crippen LogP) is 13.1. The van der Waals surface area contributed by atoms with Gasteiger partial charge in [0.25, 0.3) is 0 Å². The zero-order valence-corrected chi connectivity index (χ0v) is 27.7. The van der Waals surface area contributed by atoms with E-state index in [1.165, 1.54) is 76.7 Å². The Morgan fingerprint density at radius 2 is 0.922 bits per heavy atom. The maximum Gasteiger partial charge on any atom is 0.0641 e. The van der Waals surface area contributed by atoms with E-state index in [0.29, 0.717) is 0 Å². The number of benzene rings is 8. The number of hydrogen-bond donors (Lipinski definition) is 0. The molecule has 3 nitrogen and oxygen atoms in total. The number of para-hydroxylation sites is 3. The molecule has 238 valence electrons. The molecule has 11 aromatic rings. The SMILES string of the molecule is c1ccc(-c2cccc(N(c3ccccc3)c3ccc4c(c3)c3cccc5c3c3c(ccc6c7ccccc7n4c63)n5-c3ccccc3)c2)cc1. The molecule has 0 atom stereocenters. The summed E-state index contributed by atoms with van der Waals surface area (Å²) < 4.78 is 4.96. The van der Waals surface area contributed by atoms with Crippen molar-refractivity contribution in [3.63, 3.8) is 0 Å². The van der Waals surface area contributed by atoms with E-state index in [2.05, 4.69) is 202 Å². The third-order valence-electron chi connectivity index (χ3n) is 10.6. The van der Waals surface area contributed by atoms with Crippen LogP contribution in [0.25, 0.3) is 76.7 Å². The van der Waals surface area contributed by atoms with Crippen LogP contribution in [0.15, 0.2) is 188 Å². The van der Waals surface area contributed by atoms with Gasteiger partial charge in [0.2, 0.25) is 0 Å². The van der Waals surface area contributed by atoms with Crippen molar-refractivity contribution in [2.24, 2.45) is 0 Å². The largest absolute Gasteiger partial charge is 0.310 e. The molecule has 3 heterocycles. The highest BCUT2D eigenvalue weighted by molar-refractivity contribution is 6.33. The van der Waals surface area contributed by atoms with Crippen LogP contribution in [0.1, 0.15) is 0 Å². The average Bonchev–Trinajstić information content (AvgIpc) is 3.68. The molecule has 8 aromatic carbocycles. The van der Waals surface area contributed by atoms with Gasteiger partial charge >= 0.3 is 0 Å². The first kappa shape index (κ1) is 28.0. The van der Waals surface area contributed by atoms with E-state index in [1.807, 2.05) is 0 Å². The lowest BCUT2D eigenvalue weighted by Crippen LogP contribution is -2.10. The lowest BCUT2D eigenvalue weighted by atomic mass is 10.0. The zero-order chi connectivity index (χ0) is 33.5. The van der Waals surface area contributed by atoms with Crippen molar-refractivity contribution in [1.29, 1.82) is 0 Å². The molecule has 3 heteroatoms. The Balaban J connectivity index is 1.28. The first-order valence-electron chi connectivity index (χ1n) is 17.5. The molecule has 0 unspecified atom stereocenters. The maximum atomic E-state index is 2.52. The van der Waals surface area contributed by atoms with Crippen LogP contribution in [-0.2, 0) is 0 Å². The van der Waals surface area contributed by atoms with Gasteiger partial charge in [0.1, 0.15) is 0 Å². The molecule has 0 saturated heterocycles. The van der Waals surface area contributed by atoms with Gasteiger partial charge < -0.3 is 13.9 Å². The molecule has 0 amide bonds. The van der Waals surface area contributed by atoms with Crippen molar-refractivity contribution < 1.29 is 0 Å². The van der Waals surface area contributed by atoms with Crippen molar-refractivity contribution in [2.45, 2.75) is 0 Å². The fourth-order valence-electron chi connectivity index (χ4n) is 8.48. The minimum atomic E-state index is 1.11. The molecular formula is C48H31N3. The van der Waals surface area contributed by atoms with Gasteiger partial charge in [-0.2, -0.15) is 0 Å². The summed E-state index contributed by atoms with van der Waals surface area (Å²) in [5.41, 5.74) is 13.0. The first-order chi connectivity index (χ1) is 25.3. The monoisotopic (exact) mass is 649 g/mol.